The maximum atomic E-state index is 12.0. The Hall–Kier alpha value is -0.730. The molecule has 1 saturated heterocycles. The average molecular weight is 448 g/mol. The highest BCUT2D eigenvalue weighted by Gasteiger charge is 2.44. The average Bonchev–Trinajstić information content (AvgIpc) is 2.79. The Labute approximate surface area is 189 Å². The highest BCUT2D eigenvalue weighted by Crippen LogP contribution is 2.22. The molecule has 184 valence electrons. The molecule has 7 heteroatoms. The van der Waals surface area contributed by atoms with Crippen molar-refractivity contribution in [2.75, 3.05) is 13.2 Å². The first kappa shape index (κ1) is 26.5. The summed E-state index contributed by atoms with van der Waals surface area (Å²) in [5, 5.41) is 29.8. The molecule has 1 rings (SSSR count). The van der Waals surface area contributed by atoms with Gasteiger partial charge in [0.05, 0.1) is 0 Å². The monoisotopic (exact) mass is 447 g/mol. The van der Waals surface area contributed by atoms with E-state index < -0.39 is 30.7 Å². The standard InChI is InChI=1S/C24H46O7/c1-3-5-6-7-8-9-10-11-12-13-14-15-16-17-20(25)30-18-19-21(26)22(27)23(28)24(31-19)29-4-2/h19,21-24,26-28H,3-18H2,1-2H3/t19-,21-,22+,23-,24?/m1/s1/i1D. The zero-order valence-corrected chi connectivity index (χ0v) is 19.4. The first-order chi connectivity index (χ1) is 15.5. The van der Waals surface area contributed by atoms with Crippen LogP contribution in [-0.4, -0.2) is 65.2 Å². The van der Waals surface area contributed by atoms with Crippen molar-refractivity contribution < 1.29 is 35.7 Å². The lowest BCUT2D eigenvalue weighted by molar-refractivity contribution is -0.300. The SMILES string of the molecule is [2H]CCCCCCCCCCCCCCCC(=O)OC[C@H]1OC(OCC)[C@H](O)[C@@H](O)[C@@H]1O. The van der Waals surface area contributed by atoms with Gasteiger partial charge in [0.25, 0.3) is 0 Å². The molecule has 0 aromatic carbocycles. The molecular weight excluding hydrogens is 400 g/mol. The second kappa shape index (κ2) is 17.8. The smallest absolute Gasteiger partial charge is 0.305 e. The topological polar surface area (TPSA) is 105 Å². The van der Waals surface area contributed by atoms with Crippen molar-refractivity contribution >= 4 is 5.97 Å². The van der Waals surface area contributed by atoms with Crippen LogP contribution in [0.1, 0.15) is 105 Å². The van der Waals surface area contributed by atoms with Gasteiger partial charge in [-0.2, -0.15) is 0 Å². The van der Waals surface area contributed by atoms with Crippen LogP contribution in [0.25, 0.3) is 0 Å². The quantitative estimate of drug-likeness (QED) is 0.216. The molecule has 0 saturated carbocycles. The molecule has 1 heterocycles. The molecule has 7 nitrogen and oxygen atoms in total. The lowest BCUT2D eigenvalue weighted by Crippen LogP contribution is -2.59. The number of aliphatic hydroxyl groups excluding tert-OH is 3. The second-order valence-electron chi connectivity index (χ2n) is 8.50. The molecule has 0 aromatic heterocycles. The Bertz CT molecular complexity index is 466. The summed E-state index contributed by atoms with van der Waals surface area (Å²) in [4.78, 5) is 12.0. The number of ether oxygens (including phenoxy) is 3. The summed E-state index contributed by atoms with van der Waals surface area (Å²) in [6.45, 7) is 2.39. The van der Waals surface area contributed by atoms with Crippen LogP contribution >= 0.6 is 0 Å². The molecule has 0 bridgehead atoms. The van der Waals surface area contributed by atoms with E-state index in [-0.39, 0.29) is 19.2 Å². The molecule has 0 aromatic rings. The van der Waals surface area contributed by atoms with E-state index in [1.807, 2.05) is 0 Å². The maximum absolute atomic E-state index is 12.0. The number of hydrogen-bond acceptors (Lipinski definition) is 7. The molecule has 5 atom stereocenters. The lowest BCUT2D eigenvalue weighted by atomic mass is 9.99. The number of hydrogen-bond donors (Lipinski definition) is 3. The fraction of sp³-hybridized carbons (Fsp3) is 0.958. The molecular formula is C24H46O7. The second-order valence-corrected chi connectivity index (χ2v) is 8.50. The van der Waals surface area contributed by atoms with E-state index in [0.717, 1.165) is 25.7 Å². The van der Waals surface area contributed by atoms with Gasteiger partial charge in [-0.25, -0.2) is 0 Å². The van der Waals surface area contributed by atoms with Gasteiger partial charge in [0.2, 0.25) is 0 Å². The van der Waals surface area contributed by atoms with Gasteiger partial charge >= 0.3 is 5.97 Å². The highest BCUT2D eigenvalue weighted by molar-refractivity contribution is 5.69. The van der Waals surface area contributed by atoms with Gasteiger partial charge in [-0.3, -0.25) is 4.79 Å². The number of carbonyl (C=O) groups is 1. The molecule has 1 unspecified atom stereocenters. The van der Waals surface area contributed by atoms with Crippen molar-refractivity contribution in [1.82, 2.24) is 0 Å². The summed E-state index contributed by atoms with van der Waals surface area (Å²) in [6, 6.07) is 0. The van der Waals surface area contributed by atoms with Gasteiger partial charge in [0, 0.05) is 14.4 Å². The largest absolute Gasteiger partial charge is 0.463 e. The Morgan fingerprint density at radius 3 is 1.94 bits per heavy atom. The first-order valence-electron chi connectivity index (χ1n) is 13.0. The van der Waals surface area contributed by atoms with Crippen LogP contribution in [0, 0.1) is 0 Å². The van der Waals surface area contributed by atoms with Crippen molar-refractivity contribution in [2.24, 2.45) is 0 Å². The van der Waals surface area contributed by atoms with Crippen LogP contribution in [0.15, 0.2) is 0 Å². The maximum Gasteiger partial charge on any atom is 0.305 e. The molecule has 1 aliphatic heterocycles. The van der Waals surface area contributed by atoms with E-state index in [0.29, 0.717) is 13.3 Å². The summed E-state index contributed by atoms with van der Waals surface area (Å²) >= 11 is 0. The van der Waals surface area contributed by atoms with Crippen LogP contribution in [0.2, 0.25) is 0 Å². The van der Waals surface area contributed by atoms with Gasteiger partial charge in [0.1, 0.15) is 31.0 Å². The predicted octanol–water partition coefficient (Wildman–Crippen LogP) is 3.86. The van der Waals surface area contributed by atoms with Crippen LogP contribution in [0.3, 0.4) is 0 Å². The van der Waals surface area contributed by atoms with E-state index in [4.69, 9.17) is 15.6 Å². The lowest BCUT2D eigenvalue weighted by Gasteiger charge is -2.39. The third-order valence-corrected chi connectivity index (χ3v) is 5.79. The van der Waals surface area contributed by atoms with Gasteiger partial charge < -0.3 is 29.5 Å². The molecule has 0 amide bonds. The van der Waals surface area contributed by atoms with Gasteiger partial charge in [0.15, 0.2) is 6.29 Å². The van der Waals surface area contributed by atoms with Crippen molar-refractivity contribution in [3.63, 3.8) is 0 Å². The van der Waals surface area contributed by atoms with Crippen molar-refractivity contribution in [3.8, 4) is 0 Å². The van der Waals surface area contributed by atoms with E-state index in [9.17, 15) is 20.1 Å². The summed E-state index contributed by atoms with van der Waals surface area (Å²) in [7, 11) is 0. The van der Waals surface area contributed by atoms with Crippen molar-refractivity contribution in [2.45, 2.75) is 134 Å². The Balaban J connectivity index is 1.98. The minimum Gasteiger partial charge on any atom is -0.463 e. The minimum absolute atomic E-state index is 0.183. The predicted molar refractivity (Wildman–Crippen MR) is 120 cm³/mol. The molecule has 0 aliphatic carbocycles. The Morgan fingerprint density at radius 2 is 1.39 bits per heavy atom. The number of unbranched alkanes of at least 4 members (excludes halogenated alkanes) is 12. The van der Waals surface area contributed by atoms with Gasteiger partial charge in [-0.1, -0.05) is 83.9 Å². The zero-order valence-electron chi connectivity index (χ0n) is 20.4. The number of esters is 1. The van der Waals surface area contributed by atoms with Crippen molar-refractivity contribution in [1.29, 1.82) is 0 Å². The summed E-state index contributed by atoms with van der Waals surface area (Å²) in [5.41, 5.74) is 0. The molecule has 1 aliphatic rings. The van der Waals surface area contributed by atoms with Gasteiger partial charge in [-0.15, -0.1) is 0 Å². The summed E-state index contributed by atoms with van der Waals surface area (Å²) < 4.78 is 23.0. The fourth-order valence-electron chi connectivity index (χ4n) is 3.82. The number of aliphatic hydroxyl groups is 3. The third-order valence-electron chi connectivity index (χ3n) is 5.79. The normalized spacial score (nSPS) is 26.6. The van der Waals surface area contributed by atoms with Crippen LogP contribution in [0.5, 0.6) is 0 Å². The summed E-state index contributed by atoms with van der Waals surface area (Å²) in [5.74, 6) is -0.350. The van der Waals surface area contributed by atoms with E-state index in [1.54, 1.807) is 6.92 Å². The molecule has 3 N–H and O–H groups in total. The summed E-state index contributed by atoms with van der Waals surface area (Å²) in [6.07, 6.45) is 9.58. The third kappa shape index (κ3) is 12.2. The molecule has 0 radical (unpaired) electrons. The molecule has 31 heavy (non-hydrogen) atoms. The highest BCUT2D eigenvalue weighted by atomic mass is 16.7. The molecule has 1 fully saturated rings. The Kier molecular flexibility index (Phi) is 15.2. The van der Waals surface area contributed by atoms with Crippen molar-refractivity contribution in [3.05, 3.63) is 0 Å². The van der Waals surface area contributed by atoms with E-state index >= 15 is 0 Å². The van der Waals surface area contributed by atoms with Crippen LogP contribution < -0.4 is 0 Å². The van der Waals surface area contributed by atoms with Crippen LogP contribution in [0.4, 0.5) is 0 Å². The zero-order chi connectivity index (χ0) is 23.6. The molecule has 0 spiro atoms. The minimum atomic E-state index is -1.41. The van der Waals surface area contributed by atoms with E-state index in [2.05, 4.69) is 0 Å². The fourth-order valence-corrected chi connectivity index (χ4v) is 3.82. The Morgan fingerprint density at radius 1 is 0.839 bits per heavy atom. The number of rotatable bonds is 18. The van der Waals surface area contributed by atoms with Crippen LogP contribution in [-0.2, 0) is 19.0 Å². The first-order valence-corrected chi connectivity index (χ1v) is 12.3. The van der Waals surface area contributed by atoms with E-state index in [1.165, 1.54) is 57.8 Å². The number of carbonyl (C=O) groups excluding carboxylic acids is 1. The van der Waals surface area contributed by atoms with Gasteiger partial charge in [-0.05, 0) is 13.3 Å².